The standard InChI is InChI=1S/C19H22N2O4/c1-12-20-15-10-14(22-2)6-7-16(15)21(12)11-13-8-17(23-3)19(25-5)18(9-13)24-4/h6-10H,11H2,1-5H3. The van der Waals surface area contributed by atoms with Crippen LogP contribution in [0.1, 0.15) is 11.4 Å². The number of ether oxygens (including phenoxy) is 4. The fraction of sp³-hybridized carbons (Fsp3) is 0.316. The first-order chi connectivity index (χ1) is 12.1. The van der Waals surface area contributed by atoms with Crippen LogP contribution in [-0.2, 0) is 6.54 Å². The molecule has 0 fully saturated rings. The SMILES string of the molecule is COc1ccc2c(c1)nc(C)n2Cc1cc(OC)c(OC)c(OC)c1. The van der Waals surface area contributed by atoms with E-state index in [-0.39, 0.29) is 0 Å². The Morgan fingerprint density at radius 3 is 2.12 bits per heavy atom. The first-order valence-corrected chi connectivity index (χ1v) is 7.91. The number of methoxy groups -OCH3 is 4. The van der Waals surface area contributed by atoms with Crippen molar-refractivity contribution in [3.05, 3.63) is 41.7 Å². The van der Waals surface area contributed by atoms with Crippen LogP contribution in [0.5, 0.6) is 23.0 Å². The van der Waals surface area contributed by atoms with E-state index in [1.165, 1.54) is 0 Å². The number of hydrogen-bond donors (Lipinski definition) is 0. The van der Waals surface area contributed by atoms with Crippen LogP contribution in [0.3, 0.4) is 0 Å². The molecule has 0 N–H and O–H groups in total. The Balaban J connectivity index is 2.05. The van der Waals surface area contributed by atoms with Gasteiger partial charge >= 0.3 is 0 Å². The molecule has 0 saturated heterocycles. The molecule has 0 saturated carbocycles. The Bertz CT molecular complexity index is 877. The normalized spacial score (nSPS) is 10.8. The molecule has 6 heteroatoms. The van der Waals surface area contributed by atoms with Crippen LogP contribution >= 0.6 is 0 Å². The molecule has 0 unspecified atom stereocenters. The summed E-state index contributed by atoms with van der Waals surface area (Å²) in [6.07, 6.45) is 0. The molecular formula is C19H22N2O4. The molecule has 0 radical (unpaired) electrons. The number of aryl methyl sites for hydroxylation is 1. The highest BCUT2D eigenvalue weighted by Crippen LogP contribution is 2.38. The minimum atomic E-state index is 0.589. The average molecular weight is 342 g/mol. The first kappa shape index (κ1) is 17.0. The molecule has 132 valence electrons. The molecule has 1 aromatic heterocycles. The van der Waals surface area contributed by atoms with Crippen molar-refractivity contribution in [1.29, 1.82) is 0 Å². The highest BCUT2D eigenvalue weighted by Gasteiger charge is 2.15. The van der Waals surface area contributed by atoms with Gasteiger partial charge in [0.25, 0.3) is 0 Å². The van der Waals surface area contributed by atoms with Crippen LogP contribution in [0, 0.1) is 6.92 Å². The molecule has 1 heterocycles. The second-order valence-electron chi connectivity index (χ2n) is 5.63. The van der Waals surface area contributed by atoms with Gasteiger partial charge in [0.2, 0.25) is 5.75 Å². The van der Waals surface area contributed by atoms with Crippen molar-refractivity contribution in [2.75, 3.05) is 28.4 Å². The predicted octanol–water partition coefficient (Wildman–Crippen LogP) is 3.43. The Hall–Kier alpha value is -2.89. The lowest BCUT2D eigenvalue weighted by Gasteiger charge is -2.15. The molecule has 0 aliphatic heterocycles. The molecule has 0 atom stereocenters. The van der Waals surface area contributed by atoms with Gasteiger partial charge in [0.15, 0.2) is 11.5 Å². The Morgan fingerprint density at radius 1 is 0.880 bits per heavy atom. The topological polar surface area (TPSA) is 54.7 Å². The predicted molar refractivity (Wildman–Crippen MR) is 96.2 cm³/mol. The summed E-state index contributed by atoms with van der Waals surface area (Å²) < 4.78 is 23.7. The number of nitrogens with zero attached hydrogens (tertiary/aromatic N) is 2. The second kappa shape index (κ2) is 6.93. The Morgan fingerprint density at radius 2 is 1.56 bits per heavy atom. The van der Waals surface area contributed by atoms with Gasteiger partial charge in [-0.2, -0.15) is 0 Å². The average Bonchev–Trinajstić information content (AvgIpc) is 2.95. The lowest BCUT2D eigenvalue weighted by atomic mass is 10.1. The molecule has 6 nitrogen and oxygen atoms in total. The molecule has 0 aliphatic carbocycles. The van der Waals surface area contributed by atoms with Crippen molar-refractivity contribution < 1.29 is 18.9 Å². The largest absolute Gasteiger partial charge is 0.497 e. The van der Waals surface area contributed by atoms with Crippen molar-refractivity contribution >= 4 is 11.0 Å². The highest BCUT2D eigenvalue weighted by molar-refractivity contribution is 5.78. The first-order valence-electron chi connectivity index (χ1n) is 7.91. The second-order valence-corrected chi connectivity index (χ2v) is 5.63. The van der Waals surface area contributed by atoms with Crippen LogP contribution in [0.15, 0.2) is 30.3 Å². The summed E-state index contributed by atoms with van der Waals surface area (Å²) in [5, 5.41) is 0. The van der Waals surface area contributed by atoms with Gasteiger partial charge in [0, 0.05) is 12.6 Å². The summed E-state index contributed by atoms with van der Waals surface area (Å²) >= 11 is 0. The molecular weight excluding hydrogens is 320 g/mol. The fourth-order valence-corrected chi connectivity index (χ4v) is 2.97. The third-order valence-corrected chi connectivity index (χ3v) is 4.21. The maximum absolute atomic E-state index is 5.44. The van der Waals surface area contributed by atoms with Gasteiger partial charge in [-0.25, -0.2) is 4.98 Å². The Labute approximate surface area is 146 Å². The van der Waals surface area contributed by atoms with Gasteiger partial charge in [-0.3, -0.25) is 0 Å². The third kappa shape index (κ3) is 3.07. The molecule has 3 aromatic rings. The third-order valence-electron chi connectivity index (χ3n) is 4.21. The molecule has 3 rings (SSSR count). The van der Waals surface area contributed by atoms with E-state index in [9.17, 15) is 0 Å². The van der Waals surface area contributed by atoms with Crippen molar-refractivity contribution in [2.24, 2.45) is 0 Å². The zero-order chi connectivity index (χ0) is 18.0. The van der Waals surface area contributed by atoms with E-state index in [4.69, 9.17) is 18.9 Å². The van der Waals surface area contributed by atoms with E-state index in [0.717, 1.165) is 28.2 Å². The zero-order valence-corrected chi connectivity index (χ0v) is 15.1. The zero-order valence-electron chi connectivity index (χ0n) is 15.1. The minimum Gasteiger partial charge on any atom is -0.497 e. The molecule has 0 bridgehead atoms. The smallest absolute Gasteiger partial charge is 0.203 e. The van der Waals surface area contributed by atoms with Gasteiger partial charge in [-0.05, 0) is 36.8 Å². The number of imidazole rings is 1. The summed E-state index contributed by atoms with van der Waals surface area (Å²) in [6, 6.07) is 9.81. The van der Waals surface area contributed by atoms with Gasteiger partial charge in [-0.1, -0.05) is 0 Å². The Kier molecular flexibility index (Phi) is 4.70. The van der Waals surface area contributed by atoms with Crippen LogP contribution in [0.25, 0.3) is 11.0 Å². The van der Waals surface area contributed by atoms with Crippen molar-refractivity contribution in [1.82, 2.24) is 9.55 Å². The maximum Gasteiger partial charge on any atom is 0.203 e. The van der Waals surface area contributed by atoms with Gasteiger partial charge in [0.05, 0.1) is 39.5 Å². The fourth-order valence-electron chi connectivity index (χ4n) is 2.97. The van der Waals surface area contributed by atoms with Crippen molar-refractivity contribution in [3.8, 4) is 23.0 Å². The molecule has 0 spiro atoms. The molecule has 0 amide bonds. The summed E-state index contributed by atoms with van der Waals surface area (Å²) in [5.74, 6) is 3.59. The van der Waals surface area contributed by atoms with Crippen LogP contribution in [-0.4, -0.2) is 38.0 Å². The van der Waals surface area contributed by atoms with Crippen LogP contribution < -0.4 is 18.9 Å². The minimum absolute atomic E-state index is 0.589. The van der Waals surface area contributed by atoms with E-state index in [1.54, 1.807) is 28.4 Å². The van der Waals surface area contributed by atoms with E-state index in [0.29, 0.717) is 23.8 Å². The van der Waals surface area contributed by atoms with Crippen molar-refractivity contribution in [3.63, 3.8) is 0 Å². The summed E-state index contributed by atoms with van der Waals surface area (Å²) in [6.45, 7) is 2.63. The monoisotopic (exact) mass is 342 g/mol. The van der Waals surface area contributed by atoms with Gasteiger partial charge < -0.3 is 23.5 Å². The molecule has 2 aromatic carbocycles. The van der Waals surface area contributed by atoms with Gasteiger partial charge in [0.1, 0.15) is 11.6 Å². The number of fused-ring (bicyclic) bond motifs is 1. The number of benzene rings is 2. The van der Waals surface area contributed by atoms with E-state index in [1.807, 2.05) is 37.3 Å². The number of rotatable bonds is 6. The summed E-state index contributed by atoms with van der Waals surface area (Å²) in [7, 11) is 6.48. The lowest BCUT2D eigenvalue weighted by Crippen LogP contribution is -2.04. The van der Waals surface area contributed by atoms with Crippen LogP contribution in [0.2, 0.25) is 0 Å². The number of aromatic nitrogens is 2. The summed E-state index contributed by atoms with van der Waals surface area (Å²) in [4.78, 5) is 4.63. The van der Waals surface area contributed by atoms with Gasteiger partial charge in [-0.15, -0.1) is 0 Å². The number of hydrogen-bond acceptors (Lipinski definition) is 5. The molecule has 0 aliphatic rings. The highest BCUT2D eigenvalue weighted by atomic mass is 16.5. The van der Waals surface area contributed by atoms with Crippen molar-refractivity contribution in [2.45, 2.75) is 13.5 Å². The lowest BCUT2D eigenvalue weighted by molar-refractivity contribution is 0.323. The quantitative estimate of drug-likeness (QED) is 0.687. The van der Waals surface area contributed by atoms with E-state index >= 15 is 0 Å². The van der Waals surface area contributed by atoms with E-state index < -0.39 is 0 Å². The summed E-state index contributed by atoms with van der Waals surface area (Å²) in [5.41, 5.74) is 2.99. The van der Waals surface area contributed by atoms with E-state index in [2.05, 4.69) is 9.55 Å². The maximum atomic E-state index is 5.44. The molecule has 25 heavy (non-hydrogen) atoms. The van der Waals surface area contributed by atoms with Crippen LogP contribution in [0.4, 0.5) is 0 Å².